The Labute approximate surface area is 107 Å². The highest BCUT2D eigenvalue weighted by Gasteiger charge is 2.23. The smallest absolute Gasteiger partial charge is 0.255 e. The number of nitrogens with zero attached hydrogens (tertiary/aromatic N) is 3. The summed E-state index contributed by atoms with van der Waals surface area (Å²) in [6.07, 6.45) is 2.82. The molecule has 1 amide bonds. The van der Waals surface area contributed by atoms with Crippen LogP contribution in [0.25, 0.3) is 0 Å². The van der Waals surface area contributed by atoms with Crippen molar-refractivity contribution in [2.75, 3.05) is 26.2 Å². The van der Waals surface area contributed by atoms with Gasteiger partial charge in [0.1, 0.15) is 5.75 Å². The number of amides is 1. The van der Waals surface area contributed by atoms with Gasteiger partial charge in [-0.1, -0.05) is 0 Å². The second-order valence-electron chi connectivity index (χ2n) is 4.85. The highest BCUT2D eigenvalue weighted by atomic mass is 16.3. The van der Waals surface area contributed by atoms with Gasteiger partial charge in [0.05, 0.1) is 11.8 Å². The van der Waals surface area contributed by atoms with Gasteiger partial charge in [0.2, 0.25) is 0 Å². The van der Waals surface area contributed by atoms with Gasteiger partial charge >= 0.3 is 0 Å². The molecule has 0 radical (unpaired) electrons. The van der Waals surface area contributed by atoms with E-state index in [9.17, 15) is 9.90 Å². The summed E-state index contributed by atoms with van der Waals surface area (Å²) in [5.74, 6) is -0.0246. The Kier molecular flexibility index (Phi) is 3.81. The van der Waals surface area contributed by atoms with E-state index in [2.05, 4.69) is 23.7 Å². The van der Waals surface area contributed by atoms with Crippen LogP contribution in [0.4, 0.5) is 0 Å². The average molecular weight is 249 g/mol. The summed E-state index contributed by atoms with van der Waals surface area (Å²) in [5, 5.41) is 9.33. The maximum absolute atomic E-state index is 12.2. The van der Waals surface area contributed by atoms with Gasteiger partial charge in [-0.15, -0.1) is 0 Å². The monoisotopic (exact) mass is 249 g/mol. The molecule has 5 nitrogen and oxygen atoms in total. The standard InChI is InChI=1S/C13H19N3O2/c1-10(2)15-3-5-16(6-4-15)13(18)11-7-12(17)9-14-8-11/h7-10,17H,3-6H2,1-2H3. The number of carbonyl (C=O) groups is 1. The van der Waals surface area contributed by atoms with E-state index in [1.165, 1.54) is 18.5 Å². The van der Waals surface area contributed by atoms with Crippen LogP contribution in [0.3, 0.4) is 0 Å². The summed E-state index contributed by atoms with van der Waals surface area (Å²) < 4.78 is 0. The number of hydrogen-bond donors (Lipinski definition) is 1. The first-order valence-corrected chi connectivity index (χ1v) is 6.25. The first kappa shape index (κ1) is 12.8. The Morgan fingerprint density at radius 2 is 1.94 bits per heavy atom. The summed E-state index contributed by atoms with van der Waals surface area (Å²) in [6.45, 7) is 7.58. The first-order chi connectivity index (χ1) is 8.58. The Morgan fingerprint density at radius 3 is 2.50 bits per heavy atom. The molecular formula is C13H19N3O2. The Balaban J connectivity index is 1.99. The molecule has 2 rings (SSSR count). The van der Waals surface area contributed by atoms with Gasteiger partial charge in [0, 0.05) is 38.4 Å². The zero-order valence-electron chi connectivity index (χ0n) is 10.8. The normalized spacial score (nSPS) is 17.2. The lowest BCUT2D eigenvalue weighted by Gasteiger charge is -2.36. The molecule has 2 heterocycles. The lowest BCUT2D eigenvalue weighted by atomic mass is 10.2. The van der Waals surface area contributed by atoms with Crippen LogP contribution in [-0.4, -0.2) is 58.0 Å². The van der Waals surface area contributed by atoms with Gasteiger partial charge < -0.3 is 10.0 Å². The zero-order chi connectivity index (χ0) is 13.1. The Bertz CT molecular complexity index is 426. The molecule has 1 fully saturated rings. The van der Waals surface area contributed by atoms with Crippen molar-refractivity contribution in [1.29, 1.82) is 0 Å². The summed E-state index contributed by atoms with van der Waals surface area (Å²) in [5.41, 5.74) is 0.452. The van der Waals surface area contributed by atoms with Gasteiger partial charge in [-0.05, 0) is 19.9 Å². The molecular weight excluding hydrogens is 230 g/mol. The molecule has 18 heavy (non-hydrogen) atoms. The van der Waals surface area contributed by atoms with Crippen LogP contribution >= 0.6 is 0 Å². The molecule has 0 aliphatic carbocycles. The number of aromatic nitrogens is 1. The predicted molar refractivity (Wildman–Crippen MR) is 68.5 cm³/mol. The number of hydrogen-bond acceptors (Lipinski definition) is 4. The SMILES string of the molecule is CC(C)N1CCN(C(=O)c2cncc(O)c2)CC1. The second kappa shape index (κ2) is 5.35. The maximum atomic E-state index is 12.2. The van der Waals surface area contributed by atoms with E-state index in [1.807, 2.05) is 4.90 Å². The molecule has 1 N–H and O–H groups in total. The van der Waals surface area contributed by atoms with Crippen LogP contribution in [0, 0.1) is 0 Å². The predicted octanol–water partition coefficient (Wildman–Crippen LogP) is 0.953. The van der Waals surface area contributed by atoms with Gasteiger partial charge in [0.15, 0.2) is 0 Å². The quantitative estimate of drug-likeness (QED) is 0.848. The van der Waals surface area contributed by atoms with Crippen molar-refractivity contribution in [3.8, 4) is 5.75 Å². The highest BCUT2D eigenvalue weighted by Crippen LogP contribution is 2.13. The van der Waals surface area contributed by atoms with Crippen molar-refractivity contribution in [1.82, 2.24) is 14.8 Å². The fourth-order valence-corrected chi connectivity index (χ4v) is 2.17. The molecule has 1 aromatic heterocycles. The van der Waals surface area contributed by atoms with E-state index >= 15 is 0 Å². The lowest BCUT2D eigenvalue weighted by Crippen LogP contribution is -2.50. The van der Waals surface area contributed by atoms with Gasteiger partial charge in [-0.2, -0.15) is 0 Å². The van der Waals surface area contributed by atoms with E-state index < -0.39 is 0 Å². The largest absolute Gasteiger partial charge is 0.506 e. The molecule has 1 saturated heterocycles. The van der Waals surface area contributed by atoms with Crippen molar-refractivity contribution in [2.45, 2.75) is 19.9 Å². The van der Waals surface area contributed by atoms with E-state index in [0.717, 1.165) is 26.2 Å². The molecule has 1 aromatic rings. The number of piperazine rings is 1. The molecule has 0 bridgehead atoms. The van der Waals surface area contributed by atoms with Gasteiger partial charge in [-0.25, -0.2) is 0 Å². The summed E-state index contributed by atoms with van der Waals surface area (Å²) in [4.78, 5) is 20.2. The van der Waals surface area contributed by atoms with Crippen molar-refractivity contribution in [3.63, 3.8) is 0 Å². The van der Waals surface area contributed by atoms with Crippen LogP contribution in [0.5, 0.6) is 5.75 Å². The van der Waals surface area contributed by atoms with Crippen molar-refractivity contribution in [2.24, 2.45) is 0 Å². The van der Waals surface area contributed by atoms with Crippen LogP contribution in [0.15, 0.2) is 18.5 Å². The topological polar surface area (TPSA) is 56.7 Å². The number of rotatable bonds is 2. The molecule has 0 saturated carbocycles. The van der Waals surface area contributed by atoms with Crippen molar-refractivity contribution >= 4 is 5.91 Å². The molecule has 1 aliphatic rings. The van der Waals surface area contributed by atoms with E-state index in [1.54, 1.807) is 0 Å². The molecule has 0 spiro atoms. The van der Waals surface area contributed by atoms with E-state index in [-0.39, 0.29) is 11.7 Å². The van der Waals surface area contributed by atoms with Crippen molar-refractivity contribution in [3.05, 3.63) is 24.0 Å². The van der Waals surface area contributed by atoms with Crippen LogP contribution in [0.2, 0.25) is 0 Å². The minimum absolute atomic E-state index is 0.0293. The molecule has 0 atom stereocenters. The third-order valence-electron chi connectivity index (χ3n) is 3.30. The summed E-state index contributed by atoms with van der Waals surface area (Å²) in [7, 11) is 0. The minimum atomic E-state index is -0.0539. The first-order valence-electron chi connectivity index (χ1n) is 6.25. The average Bonchev–Trinajstić information content (AvgIpc) is 2.38. The van der Waals surface area contributed by atoms with E-state index in [4.69, 9.17) is 0 Å². The fourth-order valence-electron chi connectivity index (χ4n) is 2.17. The van der Waals surface area contributed by atoms with Gasteiger partial charge in [0.25, 0.3) is 5.91 Å². The van der Waals surface area contributed by atoms with Crippen LogP contribution in [0.1, 0.15) is 24.2 Å². The molecule has 5 heteroatoms. The number of carbonyl (C=O) groups excluding carboxylic acids is 1. The van der Waals surface area contributed by atoms with Gasteiger partial charge in [-0.3, -0.25) is 14.7 Å². The number of pyridine rings is 1. The third kappa shape index (κ3) is 2.79. The van der Waals surface area contributed by atoms with Crippen LogP contribution in [-0.2, 0) is 0 Å². The van der Waals surface area contributed by atoms with Crippen LogP contribution < -0.4 is 0 Å². The second-order valence-corrected chi connectivity index (χ2v) is 4.85. The Hall–Kier alpha value is -1.62. The Morgan fingerprint density at radius 1 is 1.28 bits per heavy atom. The molecule has 98 valence electrons. The summed E-state index contributed by atoms with van der Waals surface area (Å²) in [6, 6.07) is 1.98. The minimum Gasteiger partial charge on any atom is -0.506 e. The zero-order valence-corrected chi connectivity index (χ0v) is 10.8. The molecule has 0 aromatic carbocycles. The summed E-state index contributed by atoms with van der Waals surface area (Å²) >= 11 is 0. The fraction of sp³-hybridized carbons (Fsp3) is 0.538. The molecule has 0 unspecified atom stereocenters. The van der Waals surface area contributed by atoms with Crippen molar-refractivity contribution < 1.29 is 9.90 Å². The highest BCUT2D eigenvalue weighted by molar-refractivity contribution is 5.94. The number of aromatic hydroxyl groups is 1. The maximum Gasteiger partial charge on any atom is 0.255 e. The molecule has 1 aliphatic heterocycles. The lowest BCUT2D eigenvalue weighted by molar-refractivity contribution is 0.0594. The van der Waals surface area contributed by atoms with E-state index in [0.29, 0.717) is 11.6 Å². The third-order valence-corrected chi connectivity index (χ3v) is 3.30.